The van der Waals surface area contributed by atoms with Crippen molar-refractivity contribution in [2.45, 2.75) is 143 Å². The third kappa shape index (κ3) is 13.5. The summed E-state index contributed by atoms with van der Waals surface area (Å²) in [5.41, 5.74) is 3.14. The number of phenols is 1. The van der Waals surface area contributed by atoms with E-state index in [0.717, 1.165) is 72.8 Å². The molecule has 14 heteroatoms. The number of nitrogens with one attached hydrogen (secondary N) is 1. The largest absolute Gasteiger partial charge is 0.507 e. The first-order valence-corrected chi connectivity index (χ1v) is 20.3. The number of nitrogens with zero attached hydrogens (tertiary/aromatic N) is 3. The van der Waals surface area contributed by atoms with E-state index in [1.165, 1.54) is 5.01 Å². The third-order valence-electron chi connectivity index (χ3n) is 8.31. The third-order valence-corrected chi connectivity index (χ3v) is 11.0. The van der Waals surface area contributed by atoms with Crippen molar-refractivity contribution in [3.8, 4) is 5.75 Å². The molecule has 0 spiro atoms. The number of carbonyl (C=O) groups is 1. The van der Waals surface area contributed by atoms with E-state index in [-0.39, 0.29) is 37.9 Å². The average Bonchev–Trinajstić information content (AvgIpc) is 2.98. The average molecular weight is 719 g/mol. The first kappa shape index (κ1) is 42.4. The molecule has 0 saturated carbocycles. The molecule has 1 aliphatic heterocycles. The molecule has 0 bridgehead atoms. The number of carbonyl (C=O) groups excluding carboxylic acids is 1. The van der Waals surface area contributed by atoms with Gasteiger partial charge < -0.3 is 5.11 Å². The molecule has 0 atom stereocenters. The molecule has 0 unspecified atom stereocenters. The zero-order chi connectivity index (χ0) is 36.2. The van der Waals surface area contributed by atoms with E-state index in [4.69, 9.17) is 8.37 Å². The van der Waals surface area contributed by atoms with Crippen LogP contribution in [0.2, 0.25) is 0 Å². The molecule has 1 aromatic rings. The molecule has 0 radical (unpaired) electrons. The number of amides is 1. The molecule has 278 valence electrons. The molecule has 1 aliphatic rings. The summed E-state index contributed by atoms with van der Waals surface area (Å²) in [6, 6.07) is 3.22. The van der Waals surface area contributed by atoms with Crippen LogP contribution in [0.25, 0.3) is 0 Å². The van der Waals surface area contributed by atoms with Crippen LogP contribution in [0.4, 0.5) is 0 Å². The first-order valence-electron chi connectivity index (χ1n) is 17.6. The minimum atomic E-state index is -4.36. The van der Waals surface area contributed by atoms with Gasteiger partial charge in [-0.15, -0.1) is 8.61 Å². The van der Waals surface area contributed by atoms with Crippen LogP contribution in [-0.2, 0) is 39.8 Å². The number of hydrazine groups is 1. The molecule has 48 heavy (non-hydrogen) atoms. The van der Waals surface area contributed by atoms with E-state index in [1.807, 2.05) is 41.5 Å². The summed E-state index contributed by atoms with van der Waals surface area (Å²) < 4.78 is 65.6. The van der Waals surface area contributed by atoms with E-state index in [2.05, 4.69) is 19.3 Å². The van der Waals surface area contributed by atoms with E-state index >= 15 is 0 Å². The van der Waals surface area contributed by atoms with Gasteiger partial charge in [-0.05, 0) is 35.8 Å². The Morgan fingerprint density at radius 2 is 1.06 bits per heavy atom. The van der Waals surface area contributed by atoms with Gasteiger partial charge in [0.15, 0.2) is 0 Å². The Morgan fingerprint density at radius 3 is 1.44 bits per heavy atom. The summed E-state index contributed by atoms with van der Waals surface area (Å²) >= 11 is 0. The second-order valence-corrected chi connectivity index (χ2v) is 18.0. The topological polar surface area (TPSA) is 146 Å². The Hall–Kier alpha value is -1.81. The molecule has 2 rings (SSSR count). The van der Waals surface area contributed by atoms with Crippen LogP contribution in [-0.4, -0.2) is 74.7 Å². The van der Waals surface area contributed by atoms with Gasteiger partial charge in [0.05, 0.1) is 33.2 Å². The Bertz CT molecular complexity index is 1280. The lowest BCUT2D eigenvalue weighted by Crippen LogP contribution is -2.62. The molecule has 12 nitrogen and oxygen atoms in total. The maximum atomic E-state index is 13.7. The summed E-state index contributed by atoms with van der Waals surface area (Å²) in [4.78, 5) is 13.7. The van der Waals surface area contributed by atoms with Crippen molar-refractivity contribution in [3.05, 3.63) is 28.8 Å². The fourth-order valence-corrected chi connectivity index (χ4v) is 7.56. The molecule has 2 N–H and O–H groups in total. The van der Waals surface area contributed by atoms with E-state index < -0.39 is 44.0 Å². The lowest BCUT2D eigenvalue weighted by Gasteiger charge is -2.39. The SMILES string of the molecule is CCCCCCCCOS(=O)(=O)N1CN(NC(=O)c2cc(C(C)(C)C)c(O)c(C(C)(C)C)c2)CN(S(=O)(=O)OCCCCCCCC)C1. The molecule has 1 aromatic carbocycles. The highest BCUT2D eigenvalue weighted by Gasteiger charge is 2.39. The van der Waals surface area contributed by atoms with Gasteiger partial charge in [0.25, 0.3) is 5.91 Å². The van der Waals surface area contributed by atoms with Crippen molar-refractivity contribution in [1.82, 2.24) is 19.0 Å². The normalized spacial score (nSPS) is 16.0. The maximum absolute atomic E-state index is 13.7. The second kappa shape index (κ2) is 19.0. The van der Waals surface area contributed by atoms with Crippen LogP contribution in [0.15, 0.2) is 12.1 Å². The van der Waals surface area contributed by atoms with Crippen molar-refractivity contribution < 1.29 is 35.1 Å². The van der Waals surface area contributed by atoms with Crippen LogP contribution >= 0.6 is 0 Å². The first-order chi connectivity index (χ1) is 22.3. The van der Waals surface area contributed by atoms with Crippen molar-refractivity contribution >= 4 is 26.5 Å². The Labute approximate surface area is 291 Å². The smallest absolute Gasteiger partial charge is 0.340 e. The van der Waals surface area contributed by atoms with Gasteiger partial charge >= 0.3 is 20.6 Å². The van der Waals surface area contributed by atoms with Crippen LogP contribution in [0.5, 0.6) is 5.75 Å². The van der Waals surface area contributed by atoms with Crippen molar-refractivity contribution in [2.75, 3.05) is 33.2 Å². The van der Waals surface area contributed by atoms with Gasteiger partial charge in [-0.2, -0.15) is 21.8 Å². The number of unbranched alkanes of at least 4 members (excludes halogenated alkanes) is 10. The van der Waals surface area contributed by atoms with Crippen molar-refractivity contribution in [2.24, 2.45) is 0 Å². The zero-order valence-corrected chi connectivity index (χ0v) is 32.3. The number of rotatable bonds is 20. The number of phenolic OH excluding ortho intramolecular Hbond substituents is 1. The van der Waals surface area contributed by atoms with Crippen molar-refractivity contribution in [1.29, 1.82) is 0 Å². The van der Waals surface area contributed by atoms with E-state index in [9.17, 15) is 26.7 Å². The molecular weight excluding hydrogens is 657 g/mol. The number of hydrogen-bond acceptors (Lipinski definition) is 9. The monoisotopic (exact) mass is 718 g/mol. The molecule has 1 amide bonds. The minimum Gasteiger partial charge on any atom is -0.507 e. The molecule has 0 aromatic heterocycles. The highest BCUT2D eigenvalue weighted by molar-refractivity contribution is 7.85. The van der Waals surface area contributed by atoms with Crippen LogP contribution in [0.3, 0.4) is 0 Å². The van der Waals surface area contributed by atoms with Crippen LogP contribution in [0, 0.1) is 0 Å². The van der Waals surface area contributed by atoms with Gasteiger partial charge in [0.1, 0.15) is 5.75 Å². The van der Waals surface area contributed by atoms with Gasteiger partial charge in [-0.1, -0.05) is 120 Å². The summed E-state index contributed by atoms with van der Waals surface area (Å²) in [5.74, 6) is -0.465. The van der Waals surface area contributed by atoms with Gasteiger partial charge in [0, 0.05) is 16.7 Å². The number of benzene rings is 1. The van der Waals surface area contributed by atoms with Gasteiger partial charge in [0.2, 0.25) is 0 Å². The summed E-state index contributed by atoms with van der Waals surface area (Å²) in [6.07, 6.45) is 11.3. The lowest BCUT2D eigenvalue weighted by atomic mass is 9.78. The van der Waals surface area contributed by atoms with Crippen LogP contribution in [0.1, 0.15) is 154 Å². The fourth-order valence-electron chi connectivity index (χ4n) is 5.40. The minimum absolute atomic E-state index is 0.0305. The number of hydrogen-bond donors (Lipinski definition) is 2. The highest BCUT2D eigenvalue weighted by Crippen LogP contribution is 2.39. The predicted octanol–water partition coefficient (Wildman–Crippen LogP) is 6.67. The Balaban J connectivity index is 2.29. The summed E-state index contributed by atoms with van der Waals surface area (Å²) in [7, 11) is -8.71. The predicted molar refractivity (Wildman–Crippen MR) is 190 cm³/mol. The van der Waals surface area contributed by atoms with Crippen LogP contribution < -0.4 is 5.43 Å². The summed E-state index contributed by atoms with van der Waals surface area (Å²) in [5, 5.41) is 12.3. The quantitative estimate of drug-likeness (QED) is 0.141. The maximum Gasteiger partial charge on any atom is 0.340 e. The molecular formula is C34H62N4O8S2. The molecule has 1 fully saturated rings. The Morgan fingerprint density at radius 1 is 0.688 bits per heavy atom. The standard InChI is InChI=1S/C34H62N4O8S2/c1-9-11-13-15-17-19-21-45-47(41,42)37-25-36(26-38(27-37)48(43,44)46-22-20-18-16-14-12-10-2)35-32(40)28-23-29(33(3,4)5)31(39)30(24-28)34(6,7)8/h23-24,39H,9-22,25-27H2,1-8H3,(H,35,40). The zero-order valence-electron chi connectivity index (χ0n) is 30.6. The van der Waals surface area contributed by atoms with Gasteiger partial charge in [-0.3, -0.25) is 18.6 Å². The second-order valence-electron chi connectivity index (χ2n) is 14.8. The van der Waals surface area contributed by atoms with Gasteiger partial charge in [-0.25, -0.2) is 0 Å². The lowest BCUT2D eigenvalue weighted by molar-refractivity contribution is 0.0113. The molecule has 1 saturated heterocycles. The highest BCUT2D eigenvalue weighted by atomic mass is 32.2. The number of aromatic hydroxyl groups is 1. The fraction of sp³-hybridized carbons (Fsp3) is 0.794. The molecule has 0 aliphatic carbocycles. The molecule has 1 heterocycles. The Kier molecular flexibility index (Phi) is 16.7. The van der Waals surface area contributed by atoms with E-state index in [0.29, 0.717) is 24.0 Å². The summed E-state index contributed by atoms with van der Waals surface area (Å²) in [6.45, 7) is 14.6. The van der Waals surface area contributed by atoms with E-state index in [1.54, 1.807) is 12.1 Å². The van der Waals surface area contributed by atoms with Crippen molar-refractivity contribution in [3.63, 3.8) is 0 Å².